The molecule has 1 unspecified atom stereocenters. The monoisotopic (exact) mass is 290 g/mol. The van der Waals surface area contributed by atoms with Crippen LogP contribution < -0.4 is 10.5 Å². The van der Waals surface area contributed by atoms with Gasteiger partial charge in [-0.1, -0.05) is 0 Å². The largest absolute Gasteiger partial charge is 0.326 e. The highest BCUT2D eigenvalue weighted by Gasteiger charge is 2.30. The summed E-state index contributed by atoms with van der Waals surface area (Å²) in [5, 5.41) is -0.212. The van der Waals surface area contributed by atoms with Crippen LogP contribution in [0.3, 0.4) is 0 Å². The summed E-state index contributed by atoms with van der Waals surface area (Å²) in [6.45, 7) is 0.389. The Morgan fingerprint density at radius 1 is 1.53 bits per heavy atom. The molecule has 0 aromatic carbocycles. The molecule has 1 aliphatic rings. The molecule has 0 aliphatic carbocycles. The number of aromatic nitrogens is 1. The minimum absolute atomic E-state index is 0.112. The van der Waals surface area contributed by atoms with Crippen molar-refractivity contribution in [1.82, 2.24) is 4.98 Å². The Morgan fingerprint density at radius 2 is 2.27 bits per heavy atom. The second kappa shape index (κ2) is 3.98. The molecule has 0 bridgehead atoms. The number of pyridine rings is 1. The van der Waals surface area contributed by atoms with Crippen molar-refractivity contribution in [2.24, 2.45) is 0 Å². The highest BCUT2D eigenvalue weighted by atomic mass is 79.9. The van der Waals surface area contributed by atoms with Crippen LogP contribution in [0, 0.1) is 0 Å². The fraction of sp³-hybridized carbons (Fsp3) is 0.333. The normalized spacial score (nSPS) is 21.1. The minimum Gasteiger partial charge on any atom is -0.326 e. The third-order valence-corrected chi connectivity index (χ3v) is 2.97. The molecule has 6 heteroatoms. The molecule has 0 spiro atoms. The van der Waals surface area contributed by atoms with Crippen molar-refractivity contribution in [1.29, 1.82) is 0 Å². The molecular weight excluding hydrogens is 283 g/mol. The summed E-state index contributed by atoms with van der Waals surface area (Å²) in [6, 6.07) is 1.62. The molecule has 15 heavy (non-hydrogen) atoms. The molecule has 1 aromatic rings. The summed E-state index contributed by atoms with van der Waals surface area (Å²) in [5.41, 5.74) is 0.0647. The average Bonchev–Trinajstić information content (AvgIpc) is 2.50. The highest BCUT2D eigenvalue weighted by molar-refractivity contribution is 9.10. The standard InChI is InChI=1S/C9H8BrClN2O2/c10-5-1-7(9(15)12-3-5)13-4-6(11)2-8(13)14/h1,3,6H,2,4H2,(H,12,15). The first-order valence-electron chi connectivity index (χ1n) is 4.40. The zero-order chi connectivity index (χ0) is 11.0. The summed E-state index contributed by atoms with van der Waals surface area (Å²) < 4.78 is 0.725. The maximum atomic E-state index is 11.5. The number of nitrogens with one attached hydrogen (secondary N) is 1. The van der Waals surface area contributed by atoms with E-state index in [1.165, 1.54) is 11.1 Å². The van der Waals surface area contributed by atoms with E-state index in [9.17, 15) is 9.59 Å². The van der Waals surface area contributed by atoms with Crippen molar-refractivity contribution in [2.75, 3.05) is 11.4 Å². The number of hydrogen-bond acceptors (Lipinski definition) is 2. The van der Waals surface area contributed by atoms with Gasteiger partial charge in [-0.3, -0.25) is 9.59 Å². The van der Waals surface area contributed by atoms with Crippen molar-refractivity contribution >= 4 is 39.1 Å². The molecule has 2 rings (SSSR count). The number of anilines is 1. The second-order valence-electron chi connectivity index (χ2n) is 3.34. The van der Waals surface area contributed by atoms with Gasteiger partial charge in [-0.15, -0.1) is 11.6 Å². The molecule has 1 aliphatic heterocycles. The molecular formula is C9H8BrClN2O2. The number of carbonyl (C=O) groups is 1. The van der Waals surface area contributed by atoms with Gasteiger partial charge in [0, 0.05) is 23.6 Å². The van der Waals surface area contributed by atoms with Crippen LogP contribution >= 0.6 is 27.5 Å². The molecule has 1 aromatic heterocycles. The number of alkyl halides is 1. The number of amides is 1. The van der Waals surface area contributed by atoms with Gasteiger partial charge in [-0.25, -0.2) is 0 Å². The Kier molecular flexibility index (Phi) is 2.84. The number of halogens is 2. The lowest BCUT2D eigenvalue weighted by Crippen LogP contribution is -2.30. The number of nitrogens with zero attached hydrogens (tertiary/aromatic N) is 1. The van der Waals surface area contributed by atoms with Gasteiger partial charge in [0.05, 0.1) is 5.38 Å². The number of aromatic amines is 1. The summed E-state index contributed by atoms with van der Waals surface area (Å²) in [4.78, 5) is 27.0. The SMILES string of the molecule is O=C1CC(Cl)CN1c1cc(Br)c[nH]c1=O. The van der Waals surface area contributed by atoms with E-state index in [1.54, 1.807) is 6.07 Å². The van der Waals surface area contributed by atoms with Gasteiger partial charge in [-0.05, 0) is 22.0 Å². The molecule has 1 fully saturated rings. The highest BCUT2D eigenvalue weighted by Crippen LogP contribution is 2.23. The first kappa shape index (κ1) is 10.7. The number of hydrogen-bond donors (Lipinski definition) is 1. The van der Waals surface area contributed by atoms with E-state index in [0.717, 1.165) is 4.47 Å². The molecule has 1 N–H and O–H groups in total. The third-order valence-electron chi connectivity index (χ3n) is 2.22. The van der Waals surface area contributed by atoms with Crippen molar-refractivity contribution < 1.29 is 4.79 Å². The van der Waals surface area contributed by atoms with Crippen LogP contribution in [0.15, 0.2) is 21.5 Å². The van der Waals surface area contributed by atoms with E-state index in [4.69, 9.17) is 11.6 Å². The summed E-state index contributed by atoms with van der Waals surface area (Å²) in [6.07, 6.45) is 1.82. The zero-order valence-corrected chi connectivity index (χ0v) is 10.0. The van der Waals surface area contributed by atoms with Gasteiger partial charge < -0.3 is 9.88 Å². The maximum absolute atomic E-state index is 11.5. The molecule has 1 atom stereocenters. The van der Waals surface area contributed by atoms with E-state index < -0.39 is 0 Å². The maximum Gasteiger partial charge on any atom is 0.271 e. The van der Waals surface area contributed by atoms with Crippen molar-refractivity contribution in [3.63, 3.8) is 0 Å². The molecule has 1 amide bonds. The van der Waals surface area contributed by atoms with Gasteiger partial charge >= 0.3 is 0 Å². The lowest BCUT2D eigenvalue weighted by Gasteiger charge is -2.14. The topological polar surface area (TPSA) is 53.2 Å². The van der Waals surface area contributed by atoms with Crippen LogP contribution in [0.2, 0.25) is 0 Å². The first-order chi connectivity index (χ1) is 7.08. The van der Waals surface area contributed by atoms with Crippen LogP contribution in [-0.4, -0.2) is 22.8 Å². The Hall–Kier alpha value is -0.810. The summed E-state index contributed by atoms with van der Waals surface area (Å²) in [5.74, 6) is -0.112. The smallest absolute Gasteiger partial charge is 0.271 e. The molecule has 4 nitrogen and oxygen atoms in total. The average molecular weight is 292 g/mol. The van der Waals surface area contributed by atoms with Gasteiger partial charge in [0.1, 0.15) is 5.69 Å². The number of rotatable bonds is 1. The Bertz CT molecular complexity index is 460. The summed E-state index contributed by atoms with van der Waals surface area (Å²) >= 11 is 9.09. The van der Waals surface area contributed by atoms with Gasteiger partial charge in [0.2, 0.25) is 5.91 Å². The van der Waals surface area contributed by atoms with Crippen molar-refractivity contribution in [3.8, 4) is 0 Å². The number of H-pyrrole nitrogens is 1. The Labute approximate surface area is 99.4 Å². The van der Waals surface area contributed by atoms with E-state index in [1.807, 2.05) is 0 Å². The Balaban J connectivity index is 2.41. The van der Waals surface area contributed by atoms with E-state index in [-0.39, 0.29) is 23.3 Å². The predicted molar refractivity (Wildman–Crippen MR) is 61.4 cm³/mol. The van der Waals surface area contributed by atoms with Crippen LogP contribution in [-0.2, 0) is 4.79 Å². The van der Waals surface area contributed by atoms with E-state index in [2.05, 4.69) is 20.9 Å². The van der Waals surface area contributed by atoms with Crippen LogP contribution in [0.5, 0.6) is 0 Å². The number of carbonyl (C=O) groups excluding carboxylic acids is 1. The second-order valence-corrected chi connectivity index (χ2v) is 4.87. The third kappa shape index (κ3) is 2.08. The van der Waals surface area contributed by atoms with E-state index in [0.29, 0.717) is 12.2 Å². The lowest BCUT2D eigenvalue weighted by molar-refractivity contribution is -0.117. The fourth-order valence-corrected chi connectivity index (χ4v) is 2.14. The van der Waals surface area contributed by atoms with Crippen LogP contribution in [0.1, 0.15) is 6.42 Å². The van der Waals surface area contributed by atoms with E-state index >= 15 is 0 Å². The zero-order valence-electron chi connectivity index (χ0n) is 7.67. The minimum atomic E-state index is -0.280. The summed E-state index contributed by atoms with van der Waals surface area (Å²) in [7, 11) is 0. The van der Waals surface area contributed by atoms with Crippen LogP contribution in [0.25, 0.3) is 0 Å². The first-order valence-corrected chi connectivity index (χ1v) is 5.63. The van der Waals surface area contributed by atoms with Crippen molar-refractivity contribution in [2.45, 2.75) is 11.8 Å². The quantitative estimate of drug-likeness (QED) is 0.797. The molecule has 80 valence electrons. The molecule has 2 heterocycles. The molecule has 1 saturated heterocycles. The van der Waals surface area contributed by atoms with Gasteiger partial charge in [-0.2, -0.15) is 0 Å². The Morgan fingerprint density at radius 3 is 2.87 bits per heavy atom. The predicted octanol–water partition coefficient (Wildman–Crippen LogP) is 1.48. The lowest BCUT2D eigenvalue weighted by atomic mass is 10.4. The molecule has 0 radical (unpaired) electrons. The van der Waals surface area contributed by atoms with Gasteiger partial charge in [0.25, 0.3) is 5.56 Å². The van der Waals surface area contributed by atoms with Crippen LogP contribution in [0.4, 0.5) is 5.69 Å². The van der Waals surface area contributed by atoms with Gasteiger partial charge in [0.15, 0.2) is 0 Å². The van der Waals surface area contributed by atoms with Crippen molar-refractivity contribution in [3.05, 3.63) is 27.1 Å². The fourth-order valence-electron chi connectivity index (χ4n) is 1.54. The molecule has 0 saturated carbocycles.